The van der Waals surface area contributed by atoms with Crippen LogP contribution in [0.25, 0.3) is 5.82 Å². The van der Waals surface area contributed by atoms with Gasteiger partial charge in [0.05, 0.1) is 67.2 Å². The minimum atomic E-state index is -2.13. The zero-order chi connectivity index (χ0) is 45.9. The van der Waals surface area contributed by atoms with Gasteiger partial charge in [-0.05, 0) is 48.6 Å². The lowest BCUT2D eigenvalue weighted by Crippen LogP contribution is -2.32. The number of rotatable bonds is 10. The Bertz CT molecular complexity index is 2250. The average molecular weight is 867 g/mol. The quantitative estimate of drug-likeness (QED) is 0.116. The highest BCUT2D eigenvalue weighted by Gasteiger charge is 2.28. The Labute approximate surface area is 368 Å². The lowest BCUT2D eigenvalue weighted by molar-refractivity contribution is -0.129. The summed E-state index contributed by atoms with van der Waals surface area (Å²) in [7, 11) is -2.13. The third-order valence-electron chi connectivity index (χ3n) is 10.5. The van der Waals surface area contributed by atoms with Crippen LogP contribution in [0, 0.1) is 0 Å². The molecule has 1 atom stereocenters. The molecule has 1 unspecified atom stereocenters. The molecule has 0 aliphatic carbocycles. The van der Waals surface area contributed by atoms with Gasteiger partial charge in [-0.3, -0.25) is 29.5 Å². The average Bonchev–Trinajstić information content (AvgIpc) is 3.90. The smallest absolute Gasteiger partial charge is 0.256 e. The highest BCUT2D eigenvalue weighted by molar-refractivity contribution is 7.63. The number of nitrogens with two attached hydrogens (primary N) is 1. The molecule has 1 saturated heterocycles. The summed E-state index contributed by atoms with van der Waals surface area (Å²) in [6.07, 6.45) is 14.6. The van der Waals surface area contributed by atoms with E-state index in [1.807, 2.05) is 55.1 Å². The van der Waals surface area contributed by atoms with E-state index in [9.17, 15) is 19.3 Å². The number of likely N-dealkylation sites (tertiary alicyclic amines) is 1. The summed E-state index contributed by atoms with van der Waals surface area (Å²) in [6, 6.07) is 11.2. The predicted octanol–water partition coefficient (Wildman–Crippen LogP) is 7.86. The fraction of sp³-hybridized carbons (Fsp3) is 0.489. The van der Waals surface area contributed by atoms with Crippen molar-refractivity contribution in [3.8, 4) is 5.82 Å². The lowest BCUT2D eigenvalue weighted by atomic mass is 9.89. The first kappa shape index (κ1) is 49.5. The fourth-order valence-corrected chi connectivity index (χ4v) is 8.27. The Balaban J connectivity index is 0.000000210. The summed E-state index contributed by atoms with van der Waals surface area (Å²) in [5.41, 5.74) is 11.5. The van der Waals surface area contributed by atoms with Crippen molar-refractivity contribution in [3.05, 3.63) is 119 Å². The summed E-state index contributed by atoms with van der Waals surface area (Å²) in [6.45, 7) is 24.2. The number of benzene rings is 1. The lowest BCUT2D eigenvalue weighted by Gasteiger charge is -2.21. The predicted molar refractivity (Wildman–Crippen MR) is 247 cm³/mol. The van der Waals surface area contributed by atoms with Gasteiger partial charge in [0.2, 0.25) is 5.91 Å². The van der Waals surface area contributed by atoms with E-state index in [-0.39, 0.29) is 40.6 Å². The van der Waals surface area contributed by atoms with Crippen molar-refractivity contribution in [2.24, 2.45) is 5.73 Å². The first-order valence-electron chi connectivity index (χ1n) is 21.3. The molecule has 4 N–H and O–H groups in total. The molecule has 62 heavy (non-hydrogen) atoms. The van der Waals surface area contributed by atoms with Crippen LogP contribution in [0.4, 0.5) is 5.82 Å². The van der Waals surface area contributed by atoms with Crippen molar-refractivity contribution in [1.82, 2.24) is 39.4 Å². The highest BCUT2D eigenvalue weighted by atomic mass is 31.2. The zero-order valence-electron chi connectivity index (χ0n) is 38.5. The number of β-amino-alcohol motifs (C(OH)–C–C–N with tert-alkyl or cyclic N) is 1. The minimum absolute atomic E-state index is 0.0163. The van der Waals surface area contributed by atoms with E-state index in [0.717, 1.165) is 39.9 Å². The molecule has 5 heterocycles. The second-order valence-corrected chi connectivity index (χ2v) is 22.4. The Morgan fingerprint density at radius 3 is 1.92 bits per heavy atom. The standard InChI is InChI=1S/C20H28N3O2P.C14H21N3O2.C13H18N4/c1-6-26(25,7-2)14-15-8-10-16(11-9-15)19(24)23-18-13-21-17(12-22-18)20(3,4)5;1-14(2,3)13-11(15-5-6-16-13)8-12(19)17-7-4-10(18)9-17;1-13(2,3)11-8-16-12(9-15-11)17-6-4-5-10(17)7-14/h8-13H,6-7,14H2,1-5H3,(H,22,23,24);5-6,10,18H,4,7-9H2,1-3H3;4-6,8-9H,7,14H2,1-3H3. The molecule has 0 radical (unpaired) electrons. The number of hydrogen-bond acceptors (Lipinski definition) is 11. The molecule has 1 aliphatic rings. The topological polar surface area (TPSA) is 195 Å². The van der Waals surface area contributed by atoms with Crippen LogP contribution in [-0.4, -0.2) is 87.8 Å². The van der Waals surface area contributed by atoms with E-state index < -0.39 is 7.14 Å². The van der Waals surface area contributed by atoms with Crippen molar-refractivity contribution in [2.75, 3.05) is 30.7 Å². The zero-order valence-corrected chi connectivity index (χ0v) is 39.4. The van der Waals surface area contributed by atoms with E-state index in [1.54, 1.807) is 48.0 Å². The van der Waals surface area contributed by atoms with Crippen LogP contribution in [0.5, 0.6) is 0 Å². The second-order valence-electron chi connectivity index (χ2n) is 18.7. The molecule has 0 bridgehead atoms. The Hall–Kier alpha value is -5.17. The molecule has 0 spiro atoms. The van der Waals surface area contributed by atoms with Crippen molar-refractivity contribution < 1.29 is 19.3 Å². The van der Waals surface area contributed by atoms with E-state index in [2.05, 4.69) is 97.5 Å². The molecule has 2 amide bonds. The van der Waals surface area contributed by atoms with E-state index >= 15 is 0 Å². The number of aromatic nitrogens is 7. The van der Waals surface area contributed by atoms with Crippen LogP contribution in [0.15, 0.2) is 79.8 Å². The van der Waals surface area contributed by atoms with Crippen LogP contribution in [-0.2, 0) is 44.7 Å². The Morgan fingerprint density at radius 1 is 0.806 bits per heavy atom. The van der Waals surface area contributed by atoms with Gasteiger partial charge < -0.3 is 30.2 Å². The van der Waals surface area contributed by atoms with Gasteiger partial charge in [0.15, 0.2) is 11.6 Å². The van der Waals surface area contributed by atoms with Gasteiger partial charge in [0.25, 0.3) is 5.91 Å². The van der Waals surface area contributed by atoms with E-state index in [0.29, 0.717) is 55.9 Å². The minimum Gasteiger partial charge on any atom is -0.391 e. The summed E-state index contributed by atoms with van der Waals surface area (Å²) >= 11 is 0. The summed E-state index contributed by atoms with van der Waals surface area (Å²) in [4.78, 5) is 52.5. The molecule has 6 rings (SSSR count). The third kappa shape index (κ3) is 14.2. The number of nitrogens with one attached hydrogen (secondary N) is 1. The maximum Gasteiger partial charge on any atom is 0.256 e. The molecular formula is C47H67N10O4P. The summed E-state index contributed by atoms with van der Waals surface area (Å²) < 4.78 is 14.5. The monoisotopic (exact) mass is 867 g/mol. The molecule has 14 nitrogen and oxygen atoms in total. The molecule has 334 valence electrons. The molecule has 1 fully saturated rings. The molecule has 0 saturated carbocycles. The Morgan fingerprint density at radius 2 is 1.42 bits per heavy atom. The number of nitrogens with zero attached hydrogens (tertiary/aromatic N) is 8. The number of carbonyl (C=O) groups excluding carboxylic acids is 2. The SMILES string of the molecule is CC(C)(C)c1cnc(-n2cccc2CN)cn1.CC(C)(C)c1nccnc1CC(=O)N1CCC(O)C1.CCP(=O)(CC)Cc1ccc(C(=O)Nc2cnc(C(C)(C)C)cn2)cc1. The van der Waals surface area contributed by atoms with Gasteiger partial charge in [-0.1, -0.05) is 88.3 Å². The highest BCUT2D eigenvalue weighted by Crippen LogP contribution is 2.48. The van der Waals surface area contributed by atoms with Crippen molar-refractivity contribution in [3.63, 3.8) is 0 Å². The Kier molecular flexibility index (Phi) is 17.0. The number of carbonyl (C=O) groups is 2. The summed E-state index contributed by atoms with van der Waals surface area (Å²) in [5.74, 6) is 1.02. The fourth-order valence-electron chi connectivity index (χ4n) is 6.49. The van der Waals surface area contributed by atoms with Crippen molar-refractivity contribution >= 4 is 24.8 Å². The van der Waals surface area contributed by atoms with E-state index in [4.69, 9.17) is 5.73 Å². The molecule has 15 heteroatoms. The first-order valence-corrected chi connectivity index (χ1v) is 23.6. The largest absolute Gasteiger partial charge is 0.391 e. The van der Waals surface area contributed by atoms with Gasteiger partial charge >= 0.3 is 0 Å². The maximum atomic E-state index is 12.6. The van der Waals surface area contributed by atoms with Crippen LogP contribution in [0.2, 0.25) is 0 Å². The number of hydrogen-bond donors (Lipinski definition) is 3. The van der Waals surface area contributed by atoms with Crippen LogP contribution < -0.4 is 11.1 Å². The van der Waals surface area contributed by atoms with Gasteiger partial charge in [0, 0.05) is 71.9 Å². The number of aliphatic hydroxyl groups is 1. The number of amides is 2. The van der Waals surface area contributed by atoms with Crippen LogP contribution in [0.3, 0.4) is 0 Å². The van der Waals surface area contributed by atoms with Crippen molar-refractivity contribution in [2.45, 2.75) is 124 Å². The van der Waals surface area contributed by atoms with Gasteiger partial charge in [-0.2, -0.15) is 0 Å². The summed E-state index contributed by atoms with van der Waals surface area (Å²) in [5, 5.41) is 12.2. The van der Waals surface area contributed by atoms with Gasteiger partial charge in [-0.25, -0.2) is 9.97 Å². The molecule has 1 aliphatic heterocycles. The van der Waals surface area contributed by atoms with Crippen molar-refractivity contribution in [1.29, 1.82) is 0 Å². The first-order chi connectivity index (χ1) is 29.1. The van der Waals surface area contributed by atoms with Gasteiger partial charge in [-0.15, -0.1) is 0 Å². The third-order valence-corrected chi connectivity index (χ3v) is 13.8. The number of aliphatic hydroxyl groups excluding tert-OH is 1. The normalized spacial score (nSPS) is 14.3. The van der Waals surface area contributed by atoms with E-state index in [1.165, 1.54) is 0 Å². The number of anilines is 1. The molecule has 1 aromatic carbocycles. The molecule has 4 aromatic heterocycles. The van der Waals surface area contributed by atoms with Crippen LogP contribution in [0.1, 0.15) is 127 Å². The second kappa shape index (κ2) is 21.3. The maximum absolute atomic E-state index is 12.6. The van der Waals surface area contributed by atoms with Crippen LogP contribution >= 0.6 is 7.14 Å². The van der Waals surface area contributed by atoms with Gasteiger partial charge in [0.1, 0.15) is 0 Å². The molecular weight excluding hydrogens is 800 g/mol. The molecule has 5 aromatic rings.